The first-order chi connectivity index (χ1) is 9.33. The highest BCUT2D eigenvalue weighted by Crippen LogP contribution is 2.20. The van der Waals surface area contributed by atoms with Gasteiger partial charge in [-0.05, 0) is 51.5 Å². The molecular formula is C15H21BrN2O2. The maximum absolute atomic E-state index is 12.0. The summed E-state index contributed by atoms with van der Waals surface area (Å²) in [4.78, 5) is 13.7. The summed E-state index contributed by atoms with van der Waals surface area (Å²) in [6.07, 6.45) is 0.715. The van der Waals surface area contributed by atoms with Gasteiger partial charge in [0.25, 0.3) is 0 Å². The van der Waals surface area contributed by atoms with E-state index in [-0.39, 0.29) is 12.1 Å². The fraction of sp³-hybridized carbons (Fsp3) is 0.533. The van der Waals surface area contributed by atoms with Crippen molar-refractivity contribution in [1.29, 1.82) is 0 Å². The topological polar surface area (TPSA) is 41.6 Å². The number of halogens is 1. The molecule has 0 saturated carbocycles. The van der Waals surface area contributed by atoms with Gasteiger partial charge in [-0.2, -0.15) is 0 Å². The Morgan fingerprint density at radius 2 is 2.00 bits per heavy atom. The molecule has 1 aromatic carbocycles. The van der Waals surface area contributed by atoms with Crippen LogP contribution in [0, 0.1) is 0 Å². The van der Waals surface area contributed by atoms with Gasteiger partial charge in [0.2, 0.25) is 0 Å². The molecule has 1 saturated heterocycles. The maximum atomic E-state index is 12.0. The first kappa shape index (κ1) is 15.2. The highest BCUT2D eigenvalue weighted by Gasteiger charge is 2.29. The summed E-state index contributed by atoms with van der Waals surface area (Å²) in [7, 11) is 0. The third kappa shape index (κ3) is 4.40. The third-order valence-electron chi connectivity index (χ3n) is 3.05. The summed E-state index contributed by atoms with van der Waals surface area (Å²) in [5, 5.41) is 3.45. The van der Waals surface area contributed by atoms with Gasteiger partial charge in [0, 0.05) is 29.3 Å². The maximum Gasteiger partial charge on any atom is 0.410 e. The number of benzene rings is 1. The van der Waals surface area contributed by atoms with E-state index in [2.05, 4.69) is 21.2 Å². The lowest BCUT2D eigenvalue weighted by Crippen LogP contribution is -2.36. The Bertz CT molecular complexity index is 468. The molecular weight excluding hydrogens is 320 g/mol. The van der Waals surface area contributed by atoms with Gasteiger partial charge in [0.15, 0.2) is 0 Å². The Labute approximate surface area is 128 Å². The molecule has 20 heavy (non-hydrogen) atoms. The van der Waals surface area contributed by atoms with Gasteiger partial charge in [-0.25, -0.2) is 4.79 Å². The van der Waals surface area contributed by atoms with Crippen LogP contribution in [0.3, 0.4) is 0 Å². The highest BCUT2D eigenvalue weighted by atomic mass is 79.9. The number of nitrogens with one attached hydrogen (secondary N) is 1. The van der Waals surface area contributed by atoms with Gasteiger partial charge in [0.05, 0.1) is 0 Å². The normalized spacial score (nSPS) is 19.0. The van der Waals surface area contributed by atoms with E-state index in [0.717, 1.165) is 23.1 Å². The van der Waals surface area contributed by atoms with Crippen LogP contribution in [0.1, 0.15) is 27.2 Å². The van der Waals surface area contributed by atoms with Crippen molar-refractivity contribution in [2.75, 3.05) is 18.4 Å². The van der Waals surface area contributed by atoms with Crippen molar-refractivity contribution in [3.8, 4) is 0 Å². The van der Waals surface area contributed by atoms with Crippen molar-refractivity contribution in [1.82, 2.24) is 4.90 Å². The number of hydrogen-bond donors (Lipinski definition) is 1. The molecule has 1 aliphatic rings. The van der Waals surface area contributed by atoms with E-state index in [1.807, 2.05) is 45.0 Å². The van der Waals surface area contributed by atoms with E-state index in [9.17, 15) is 4.79 Å². The largest absolute Gasteiger partial charge is 0.444 e. The van der Waals surface area contributed by atoms with Crippen LogP contribution in [0.4, 0.5) is 10.5 Å². The van der Waals surface area contributed by atoms with Crippen LogP contribution in [-0.2, 0) is 4.74 Å². The molecule has 5 heteroatoms. The molecule has 1 aliphatic heterocycles. The van der Waals surface area contributed by atoms with Crippen LogP contribution in [0.5, 0.6) is 0 Å². The van der Waals surface area contributed by atoms with Crippen LogP contribution >= 0.6 is 15.9 Å². The van der Waals surface area contributed by atoms with Crippen LogP contribution in [0.15, 0.2) is 28.7 Å². The Hall–Kier alpha value is -1.23. The summed E-state index contributed by atoms with van der Waals surface area (Å²) >= 11 is 3.42. The summed E-state index contributed by atoms with van der Waals surface area (Å²) in [6.45, 7) is 7.09. The molecule has 4 nitrogen and oxygen atoms in total. The summed E-state index contributed by atoms with van der Waals surface area (Å²) in [5.74, 6) is 0. The van der Waals surface area contributed by atoms with Gasteiger partial charge in [-0.1, -0.05) is 15.9 Å². The lowest BCUT2D eigenvalue weighted by atomic mass is 10.2. The summed E-state index contributed by atoms with van der Waals surface area (Å²) in [5.41, 5.74) is 0.637. The number of carbonyl (C=O) groups is 1. The molecule has 110 valence electrons. The van der Waals surface area contributed by atoms with E-state index < -0.39 is 5.60 Å². The molecule has 0 spiro atoms. The monoisotopic (exact) mass is 340 g/mol. The zero-order chi connectivity index (χ0) is 14.8. The van der Waals surface area contributed by atoms with Crippen molar-refractivity contribution in [2.24, 2.45) is 0 Å². The predicted octanol–water partition coefficient (Wildman–Crippen LogP) is 3.87. The first-order valence-electron chi connectivity index (χ1n) is 6.83. The lowest BCUT2D eigenvalue weighted by molar-refractivity contribution is 0.0293. The third-order valence-corrected chi connectivity index (χ3v) is 3.58. The van der Waals surface area contributed by atoms with Crippen molar-refractivity contribution in [2.45, 2.75) is 38.8 Å². The Kier molecular flexibility index (Phi) is 4.58. The zero-order valence-corrected chi connectivity index (χ0v) is 13.7. The van der Waals surface area contributed by atoms with Crippen molar-refractivity contribution < 1.29 is 9.53 Å². The summed E-state index contributed by atoms with van der Waals surface area (Å²) < 4.78 is 6.45. The van der Waals surface area contributed by atoms with Crippen LogP contribution in [-0.4, -0.2) is 35.7 Å². The zero-order valence-electron chi connectivity index (χ0n) is 12.1. The Morgan fingerprint density at radius 1 is 1.35 bits per heavy atom. The second-order valence-electron chi connectivity index (χ2n) is 6.06. The highest BCUT2D eigenvalue weighted by molar-refractivity contribution is 9.10. The van der Waals surface area contributed by atoms with Gasteiger partial charge >= 0.3 is 6.09 Å². The molecule has 0 radical (unpaired) electrons. The molecule has 0 aliphatic carbocycles. The Morgan fingerprint density at radius 3 is 2.60 bits per heavy atom. The summed E-state index contributed by atoms with van der Waals surface area (Å²) in [6, 6.07) is 8.34. The van der Waals surface area contributed by atoms with E-state index in [4.69, 9.17) is 4.74 Å². The molecule has 1 amide bonds. The smallest absolute Gasteiger partial charge is 0.410 e. The minimum atomic E-state index is -0.436. The molecule has 1 aromatic rings. The molecule has 0 bridgehead atoms. The first-order valence-corrected chi connectivity index (χ1v) is 7.63. The number of hydrogen-bond acceptors (Lipinski definition) is 3. The average Bonchev–Trinajstić information content (AvgIpc) is 2.79. The standard InChI is InChI=1S/C15H21BrN2O2/c1-15(2,3)20-14(19)18-9-8-13(10-18)17-12-6-4-11(16)5-7-12/h4-7,13,17H,8-10H2,1-3H3/t13-/m0/s1. The quantitative estimate of drug-likeness (QED) is 0.888. The van der Waals surface area contributed by atoms with Gasteiger partial charge in [-0.15, -0.1) is 0 Å². The number of anilines is 1. The minimum Gasteiger partial charge on any atom is -0.444 e. The van der Waals surface area contributed by atoms with E-state index in [1.54, 1.807) is 4.90 Å². The molecule has 0 unspecified atom stereocenters. The molecule has 0 aromatic heterocycles. The average molecular weight is 341 g/mol. The molecule has 1 heterocycles. The van der Waals surface area contributed by atoms with Gasteiger partial charge in [-0.3, -0.25) is 0 Å². The fourth-order valence-electron chi connectivity index (χ4n) is 2.15. The van der Waals surface area contributed by atoms with E-state index >= 15 is 0 Å². The van der Waals surface area contributed by atoms with Gasteiger partial charge in [0.1, 0.15) is 5.60 Å². The van der Waals surface area contributed by atoms with Crippen LogP contribution < -0.4 is 5.32 Å². The Balaban J connectivity index is 1.86. The van der Waals surface area contributed by atoms with Crippen LogP contribution in [0.25, 0.3) is 0 Å². The van der Waals surface area contributed by atoms with E-state index in [1.165, 1.54) is 0 Å². The van der Waals surface area contributed by atoms with E-state index in [0.29, 0.717) is 6.54 Å². The number of likely N-dealkylation sites (tertiary alicyclic amines) is 1. The van der Waals surface area contributed by atoms with Crippen molar-refractivity contribution >= 4 is 27.7 Å². The second kappa shape index (κ2) is 6.04. The van der Waals surface area contributed by atoms with Crippen molar-refractivity contribution in [3.63, 3.8) is 0 Å². The van der Waals surface area contributed by atoms with Crippen molar-refractivity contribution in [3.05, 3.63) is 28.7 Å². The molecule has 1 N–H and O–H groups in total. The molecule has 2 rings (SSSR count). The number of rotatable bonds is 2. The van der Waals surface area contributed by atoms with Gasteiger partial charge < -0.3 is 15.0 Å². The number of carbonyl (C=O) groups excluding carboxylic acids is 1. The lowest BCUT2D eigenvalue weighted by Gasteiger charge is -2.24. The number of amides is 1. The predicted molar refractivity (Wildman–Crippen MR) is 84.0 cm³/mol. The molecule has 1 atom stereocenters. The molecule has 1 fully saturated rings. The van der Waals surface area contributed by atoms with Crippen LogP contribution in [0.2, 0.25) is 0 Å². The number of ether oxygens (including phenoxy) is 1. The second-order valence-corrected chi connectivity index (χ2v) is 6.98. The minimum absolute atomic E-state index is 0.224. The fourth-order valence-corrected chi connectivity index (χ4v) is 2.42. The SMILES string of the molecule is CC(C)(C)OC(=O)N1CC[C@H](Nc2ccc(Br)cc2)C1. The number of nitrogens with zero attached hydrogens (tertiary/aromatic N) is 1.